The molecule has 0 bridgehead atoms. The van der Waals surface area contributed by atoms with Crippen LogP contribution in [0, 0.1) is 5.92 Å². The highest BCUT2D eigenvalue weighted by Gasteiger charge is 2.17. The molecule has 5 nitrogen and oxygen atoms in total. The van der Waals surface area contributed by atoms with Crippen LogP contribution < -0.4 is 5.56 Å². The molecule has 5 heteroatoms. The van der Waals surface area contributed by atoms with Crippen molar-refractivity contribution in [1.29, 1.82) is 0 Å². The highest BCUT2D eigenvalue weighted by Crippen LogP contribution is 2.29. The minimum atomic E-state index is -0.00244. The van der Waals surface area contributed by atoms with Gasteiger partial charge >= 0.3 is 0 Å². The molecule has 4 aromatic rings. The van der Waals surface area contributed by atoms with Crippen LogP contribution in [0.3, 0.4) is 0 Å². The number of rotatable bonds is 5. The summed E-state index contributed by atoms with van der Waals surface area (Å²) in [5.41, 5.74) is 4.74. The second kappa shape index (κ2) is 6.99. The molecule has 0 saturated heterocycles. The van der Waals surface area contributed by atoms with E-state index in [2.05, 4.69) is 37.9 Å². The van der Waals surface area contributed by atoms with Crippen molar-refractivity contribution in [3.63, 3.8) is 0 Å². The minimum Gasteiger partial charge on any atom is -0.315 e. The summed E-state index contributed by atoms with van der Waals surface area (Å²) in [6.45, 7) is 7.14. The van der Waals surface area contributed by atoms with Gasteiger partial charge in [-0.15, -0.1) is 0 Å². The van der Waals surface area contributed by atoms with Crippen molar-refractivity contribution < 1.29 is 0 Å². The Hall–Kier alpha value is -2.95. The maximum absolute atomic E-state index is 12.9. The van der Waals surface area contributed by atoms with E-state index < -0.39 is 0 Å². The summed E-state index contributed by atoms with van der Waals surface area (Å²) in [6.07, 6.45) is 5.36. The highest BCUT2D eigenvalue weighted by molar-refractivity contribution is 5.86. The van der Waals surface area contributed by atoms with E-state index in [-0.39, 0.29) is 5.56 Å². The molecule has 0 saturated carbocycles. The van der Waals surface area contributed by atoms with Crippen LogP contribution in [-0.2, 0) is 13.0 Å². The van der Waals surface area contributed by atoms with Gasteiger partial charge in [0.1, 0.15) is 0 Å². The van der Waals surface area contributed by atoms with Crippen LogP contribution in [0.2, 0.25) is 0 Å². The summed E-state index contributed by atoms with van der Waals surface area (Å²) in [5.74, 6) is 0.555. The summed E-state index contributed by atoms with van der Waals surface area (Å²) in [5, 5.41) is 5.40. The molecule has 4 rings (SSSR count). The maximum Gasteiger partial charge on any atom is 0.261 e. The van der Waals surface area contributed by atoms with E-state index in [1.807, 2.05) is 35.0 Å². The van der Waals surface area contributed by atoms with Gasteiger partial charge in [-0.05, 0) is 30.4 Å². The molecular weight excluding hydrogens is 336 g/mol. The number of pyridine rings is 1. The molecule has 0 N–H and O–H groups in total. The van der Waals surface area contributed by atoms with Crippen LogP contribution in [0.25, 0.3) is 27.7 Å². The van der Waals surface area contributed by atoms with Gasteiger partial charge in [0.25, 0.3) is 5.56 Å². The van der Waals surface area contributed by atoms with Crippen LogP contribution in [0.5, 0.6) is 0 Å². The maximum atomic E-state index is 12.9. The van der Waals surface area contributed by atoms with Crippen LogP contribution >= 0.6 is 0 Å². The van der Waals surface area contributed by atoms with Crippen LogP contribution in [0.15, 0.2) is 53.6 Å². The third-order valence-corrected chi connectivity index (χ3v) is 5.00. The van der Waals surface area contributed by atoms with Crippen molar-refractivity contribution in [1.82, 2.24) is 19.2 Å². The number of aryl methyl sites for hydroxylation is 2. The van der Waals surface area contributed by atoms with Crippen LogP contribution in [0.4, 0.5) is 0 Å². The lowest BCUT2D eigenvalue weighted by atomic mass is 10.0. The van der Waals surface area contributed by atoms with Crippen molar-refractivity contribution >= 4 is 16.6 Å². The zero-order chi connectivity index (χ0) is 19.0. The number of hydrogen-bond donors (Lipinski definition) is 0. The summed E-state index contributed by atoms with van der Waals surface area (Å²) in [4.78, 5) is 17.5. The average molecular weight is 360 g/mol. The van der Waals surface area contributed by atoms with Gasteiger partial charge in [0, 0.05) is 24.5 Å². The minimum absolute atomic E-state index is 0.00244. The first kappa shape index (κ1) is 17.5. The lowest BCUT2D eigenvalue weighted by molar-refractivity contribution is 0.509. The first-order chi connectivity index (χ1) is 13.1. The van der Waals surface area contributed by atoms with Gasteiger partial charge in [-0.3, -0.25) is 4.79 Å². The van der Waals surface area contributed by atoms with Gasteiger partial charge in [-0.1, -0.05) is 51.1 Å². The van der Waals surface area contributed by atoms with Crippen molar-refractivity contribution in [3.8, 4) is 11.1 Å². The van der Waals surface area contributed by atoms with Gasteiger partial charge in [0.05, 0.1) is 16.6 Å². The number of fused-ring (bicyclic) bond motifs is 3. The van der Waals surface area contributed by atoms with E-state index in [4.69, 9.17) is 5.10 Å². The van der Waals surface area contributed by atoms with Crippen molar-refractivity contribution in [2.24, 2.45) is 5.92 Å². The summed E-state index contributed by atoms with van der Waals surface area (Å²) in [6, 6.07) is 12.2. The Balaban J connectivity index is 1.94. The molecule has 138 valence electrons. The first-order valence-electron chi connectivity index (χ1n) is 9.55. The average Bonchev–Trinajstić information content (AvgIpc) is 3.07. The highest BCUT2D eigenvalue weighted by atomic mass is 16.1. The molecule has 0 fully saturated rings. The number of benzene rings is 1. The largest absolute Gasteiger partial charge is 0.315 e. The first-order valence-corrected chi connectivity index (χ1v) is 9.55. The molecule has 0 aliphatic heterocycles. The summed E-state index contributed by atoms with van der Waals surface area (Å²) < 4.78 is 3.60. The zero-order valence-corrected chi connectivity index (χ0v) is 16.0. The van der Waals surface area contributed by atoms with E-state index in [0.717, 1.165) is 47.4 Å². The predicted octanol–water partition coefficient (Wildman–Crippen LogP) is 4.32. The Morgan fingerprint density at radius 1 is 1.11 bits per heavy atom. The lowest BCUT2D eigenvalue weighted by Crippen LogP contribution is -2.21. The molecule has 0 amide bonds. The van der Waals surface area contributed by atoms with Gasteiger partial charge in [0.2, 0.25) is 0 Å². The molecule has 0 unspecified atom stereocenters. The Labute approximate surface area is 158 Å². The summed E-state index contributed by atoms with van der Waals surface area (Å²) in [7, 11) is 0. The molecule has 0 aliphatic carbocycles. The molecule has 3 heterocycles. The van der Waals surface area contributed by atoms with E-state index in [1.54, 1.807) is 10.8 Å². The molecule has 3 aromatic heterocycles. The molecular formula is C22H24N4O. The van der Waals surface area contributed by atoms with E-state index in [9.17, 15) is 4.79 Å². The van der Waals surface area contributed by atoms with Gasteiger partial charge in [-0.25, -0.2) is 9.50 Å². The fourth-order valence-electron chi connectivity index (χ4n) is 3.48. The van der Waals surface area contributed by atoms with Gasteiger partial charge in [-0.2, -0.15) is 5.10 Å². The molecule has 0 radical (unpaired) electrons. The van der Waals surface area contributed by atoms with Crippen molar-refractivity contribution in [2.45, 2.75) is 40.2 Å². The third kappa shape index (κ3) is 3.03. The molecule has 1 aromatic carbocycles. The van der Waals surface area contributed by atoms with E-state index >= 15 is 0 Å². The topological polar surface area (TPSA) is 52.2 Å². The Kier molecular flexibility index (Phi) is 4.52. The fraction of sp³-hybridized carbons (Fsp3) is 0.318. The van der Waals surface area contributed by atoms with Crippen molar-refractivity contribution in [3.05, 3.63) is 64.8 Å². The van der Waals surface area contributed by atoms with Gasteiger partial charge in [0.15, 0.2) is 5.65 Å². The SMILES string of the molecule is CCc1nn2c(ncc3c(=O)n(CCC(C)C)ccc32)c1-c1ccccc1. The van der Waals surface area contributed by atoms with E-state index in [1.165, 1.54) is 0 Å². The standard InChI is InChI=1S/C22H24N4O/c1-4-18-20(16-8-6-5-7-9-16)21-23-14-17-19(26(21)24-18)11-13-25(22(17)27)12-10-15(2)3/h5-9,11,13-15H,4,10,12H2,1-3H3. The second-order valence-electron chi connectivity index (χ2n) is 7.33. The van der Waals surface area contributed by atoms with Crippen LogP contribution in [-0.4, -0.2) is 19.2 Å². The monoisotopic (exact) mass is 360 g/mol. The fourth-order valence-corrected chi connectivity index (χ4v) is 3.48. The van der Waals surface area contributed by atoms with Crippen molar-refractivity contribution in [2.75, 3.05) is 0 Å². The molecule has 0 aliphatic rings. The second-order valence-corrected chi connectivity index (χ2v) is 7.33. The van der Waals surface area contributed by atoms with E-state index in [0.29, 0.717) is 11.3 Å². The number of hydrogen-bond acceptors (Lipinski definition) is 3. The predicted molar refractivity (Wildman–Crippen MR) is 109 cm³/mol. The number of nitrogens with zero attached hydrogens (tertiary/aromatic N) is 4. The molecule has 0 spiro atoms. The normalized spacial score (nSPS) is 11.7. The van der Waals surface area contributed by atoms with Gasteiger partial charge < -0.3 is 4.57 Å². The quantitative estimate of drug-likeness (QED) is 0.533. The van der Waals surface area contributed by atoms with Crippen LogP contribution in [0.1, 0.15) is 32.9 Å². The Morgan fingerprint density at radius 3 is 2.59 bits per heavy atom. The third-order valence-electron chi connectivity index (χ3n) is 5.00. The molecule has 27 heavy (non-hydrogen) atoms. The Bertz CT molecular complexity index is 1160. The molecule has 0 atom stereocenters. The Morgan fingerprint density at radius 2 is 1.89 bits per heavy atom. The zero-order valence-electron chi connectivity index (χ0n) is 16.0. The smallest absolute Gasteiger partial charge is 0.261 e. The summed E-state index contributed by atoms with van der Waals surface area (Å²) >= 11 is 0. The number of aromatic nitrogens is 4. The lowest BCUT2D eigenvalue weighted by Gasteiger charge is -2.09.